The van der Waals surface area contributed by atoms with Gasteiger partial charge in [-0.25, -0.2) is 4.98 Å². The molecule has 1 amide bonds. The van der Waals surface area contributed by atoms with Gasteiger partial charge in [0, 0.05) is 11.9 Å². The van der Waals surface area contributed by atoms with Crippen LogP contribution in [0.15, 0.2) is 42.5 Å². The fraction of sp³-hybridized carbons (Fsp3) is 0.105. The van der Waals surface area contributed by atoms with Crippen LogP contribution in [0.1, 0.15) is 33.3 Å². The number of nitrogens with zero attached hydrogens (tertiary/aromatic N) is 1. The average molecular weight is 352 g/mol. The second-order valence-electron chi connectivity index (χ2n) is 5.79. The van der Waals surface area contributed by atoms with Gasteiger partial charge in [0.2, 0.25) is 0 Å². The standard InChI is InChI=1S/C19H16N2O5/c1-10(22)13-5-3-12-4-6-14(21-17(12)18(13)25)19(26)20-9-11-2-7-15(23)16(24)8-11/h2-8,23-25H,9H2,1H3,(H,20,26). The van der Waals surface area contributed by atoms with Gasteiger partial charge in [0.1, 0.15) is 11.2 Å². The predicted molar refractivity (Wildman–Crippen MR) is 94.4 cm³/mol. The number of rotatable bonds is 4. The molecule has 4 N–H and O–H groups in total. The number of Topliss-reactive ketones (excluding diaryl/α,β-unsaturated/α-hetero) is 1. The van der Waals surface area contributed by atoms with Gasteiger partial charge in [-0.1, -0.05) is 18.2 Å². The Morgan fingerprint density at radius 3 is 2.42 bits per heavy atom. The van der Waals surface area contributed by atoms with Crippen LogP contribution >= 0.6 is 0 Å². The topological polar surface area (TPSA) is 120 Å². The lowest BCUT2D eigenvalue weighted by atomic mass is 10.1. The van der Waals surface area contributed by atoms with E-state index in [1.54, 1.807) is 18.2 Å². The molecule has 132 valence electrons. The number of aromatic nitrogens is 1. The van der Waals surface area contributed by atoms with Crippen LogP contribution in [-0.4, -0.2) is 32.0 Å². The van der Waals surface area contributed by atoms with Crippen molar-refractivity contribution in [3.05, 3.63) is 59.3 Å². The monoisotopic (exact) mass is 352 g/mol. The third kappa shape index (κ3) is 3.27. The molecular formula is C19H16N2O5. The summed E-state index contributed by atoms with van der Waals surface area (Å²) in [5, 5.41) is 32.2. The summed E-state index contributed by atoms with van der Waals surface area (Å²) in [4.78, 5) is 28.0. The number of carbonyl (C=O) groups excluding carboxylic acids is 2. The van der Waals surface area contributed by atoms with Crippen molar-refractivity contribution in [1.82, 2.24) is 10.3 Å². The van der Waals surface area contributed by atoms with E-state index in [9.17, 15) is 24.9 Å². The minimum absolute atomic E-state index is 0.0801. The quantitative estimate of drug-likeness (QED) is 0.423. The normalized spacial score (nSPS) is 10.7. The number of fused-ring (bicyclic) bond motifs is 1. The molecular weight excluding hydrogens is 336 g/mol. The summed E-state index contributed by atoms with van der Waals surface area (Å²) < 4.78 is 0. The number of nitrogens with one attached hydrogen (secondary N) is 1. The van der Waals surface area contributed by atoms with Crippen LogP contribution in [-0.2, 0) is 6.54 Å². The Labute approximate surface area is 148 Å². The molecule has 0 aliphatic rings. The fourth-order valence-electron chi connectivity index (χ4n) is 2.54. The number of phenols is 3. The third-order valence-corrected chi connectivity index (χ3v) is 3.94. The average Bonchev–Trinajstić information content (AvgIpc) is 2.62. The smallest absolute Gasteiger partial charge is 0.270 e. The number of hydrogen-bond acceptors (Lipinski definition) is 6. The summed E-state index contributed by atoms with van der Waals surface area (Å²) in [5.74, 6) is -1.55. The molecule has 3 rings (SSSR count). The molecule has 7 heteroatoms. The molecule has 0 saturated carbocycles. The molecule has 1 aromatic heterocycles. The molecule has 0 fully saturated rings. The van der Waals surface area contributed by atoms with Crippen LogP contribution in [0.4, 0.5) is 0 Å². The first-order valence-corrected chi connectivity index (χ1v) is 7.79. The van der Waals surface area contributed by atoms with E-state index in [4.69, 9.17) is 0 Å². The van der Waals surface area contributed by atoms with Crippen molar-refractivity contribution < 1.29 is 24.9 Å². The van der Waals surface area contributed by atoms with Crippen LogP contribution in [0.5, 0.6) is 17.2 Å². The fourth-order valence-corrected chi connectivity index (χ4v) is 2.54. The molecule has 0 unspecified atom stereocenters. The number of amides is 1. The number of carbonyl (C=O) groups is 2. The summed E-state index contributed by atoms with van der Waals surface area (Å²) in [6, 6.07) is 10.5. The summed E-state index contributed by atoms with van der Waals surface area (Å²) in [7, 11) is 0. The first-order chi connectivity index (χ1) is 12.4. The van der Waals surface area contributed by atoms with Gasteiger partial charge in [-0.05, 0) is 36.8 Å². The van der Waals surface area contributed by atoms with Gasteiger partial charge in [0.05, 0.1) is 5.56 Å². The predicted octanol–water partition coefficient (Wildman–Crippen LogP) is 2.48. The van der Waals surface area contributed by atoms with Crippen LogP contribution in [0.3, 0.4) is 0 Å². The van der Waals surface area contributed by atoms with Gasteiger partial charge in [-0.3, -0.25) is 9.59 Å². The molecule has 1 heterocycles. The lowest BCUT2D eigenvalue weighted by molar-refractivity contribution is 0.0945. The zero-order chi connectivity index (χ0) is 18.8. The number of ketones is 1. The van der Waals surface area contributed by atoms with E-state index in [2.05, 4.69) is 10.3 Å². The van der Waals surface area contributed by atoms with E-state index in [0.29, 0.717) is 10.9 Å². The van der Waals surface area contributed by atoms with Crippen LogP contribution in [0, 0.1) is 0 Å². The van der Waals surface area contributed by atoms with Crippen molar-refractivity contribution >= 4 is 22.6 Å². The first kappa shape index (κ1) is 17.2. The lowest BCUT2D eigenvalue weighted by Gasteiger charge is -2.08. The van der Waals surface area contributed by atoms with Crippen molar-refractivity contribution in [3.8, 4) is 17.2 Å². The summed E-state index contributed by atoms with van der Waals surface area (Å²) in [6.45, 7) is 1.45. The molecule has 7 nitrogen and oxygen atoms in total. The van der Waals surface area contributed by atoms with Crippen LogP contribution in [0.25, 0.3) is 10.9 Å². The van der Waals surface area contributed by atoms with Gasteiger partial charge in [0.15, 0.2) is 23.0 Å². The highest BCUT2D eigenvalue weighted by molar-refractivity contribution is 6.03. The second kappa shape index (κ2) is 6.72. The number of phenolic OH excluding ortho intramolecular Hbond substituents is 3. The van der Waals surface area contributed by atoms with Gasteiger partial charge in [-0.15, -0.1) is 0 Å². The minimum atomic E-state index is -0.480. The molecule has 0 spiro atoms. The maximum Gasteiger partial charge on any atom is 0.270 e. The van der Waals surface area contributed by atoms with E-state index in [1.165, 1.54) is 31.2 Å². The molecule has 2 aromatic carbocycles. The molecule has 0 atom stereocenters. The van der Waals surface area contributed by atoms with Crippen molar-refractivity contribution in [1.29, 1.82) is 0 Å². The number of pyridine rings is 1. The zero-order valence-corrected chi connectivity index (χ0v) is 13.9. The Bertz CT molecular complexity index is 1030. The lowest BCUT2D eigenvalue weighted by Crippen LogP contribution is -2.23. The maximum absolute atomic E-state index is 12.3. The first-order valence-electron chi connectivity index (χ1n) is 7.79. The Hall–Kier alpha value is -3.61. The Morgan fingerprint density at radius 1 is 1.00 bits per heavy atom. The maximum atomic E-state index is 12.3. The molecule has 0 aliphatic carbocycles. The van der Waals surface area contributed by atoms with Crippen molar-refractivity contribution in [2.75, 3.05) is 0 Å². The molecule has 26 heavy (non-hydrogen) atoms. The van der Waals surface area contributed by atoms with Crippen LogP contribution in [0.2, 0.25) is 0 Å². The van der Waals surface area contributed by atoms with Gasteiger partial charge in [-0.2, -0.15) is 0 Å². The van der Waals surface area contributed by atoms with E-state index < -0.39 is 5.91 Å². The highest BCUT2D eigenvalue weighted by Gasteiger charge is 2.14. The largest absolute Gasteiger partial charge is 0.505 e. The number of aromatic hydroxyl groups is 3. The number of hydrogen-bond donors (Lipinski definition) is 4. The van der Waals surface area contributed by atoms with E-state index in [0.717, 1.165) is 0 Å². The van der Waals surface area contributed by atoms with Gasteiger partial charge >= 0.3 is 0 Å². The molecule has 0 saturated heterocycles. The minimum Gasteiger partial charge on any atom is -0.505 e. The highest BCUT2D eigenvalue weighted by atomic mass is 16.3. The van der Waals surface area contributed by atoms with E-state index >= 15 is 0 Å². The molecule has 0 radical (unpaired) electrons. The van der Waals surface area contributed by atoms with E-state index in [-0.39, 0.29) is 46.4 Å². The van der Waals surface area contributed by atoms with Gasteiger partial charge < -0.3 is 20.6 Å². The van der Waals surface area contributed by atoms with Crippen LogP contribution < -0.4 is 5.32 Å². The summed E-state index contributed by atoms with van der Waals surface area (Å²) in [6.07, 6.45) is 0. The second-order valence-corrected chi connectivity index (χ2v) is 5.79. The highest BCUT2D eigenvalue weighted by Crippen LogP contribution is 2.28. The zero-order valence-electron chi connectivity index (χ0n) is 13.9. The summed E-state index contributed by atoms with van der Waals surface area (Å²) >= 11 is 0. The molecule has 3 aromatic rings. The Balaban J connectivity index is 1.84. The van der Waals surface area contributed by atoms with Gasteiger partial charge in [0.25, 0.3) is 5.91 Å². The third-order valence-electron chi connectivity index (χ3n) is 3.94. The van der Waals surface area contributed by atoms with Crippen molar-refractivity contribution in [2.45, 2.75) is 13.5 Å². The van der Waals surface area contributed by atoms with Crippen molar-refractivity contribution in [2.24, 2.45) is 0 Å². The SMILES string of the molecule is CC(=O)c1ccc2ccc(C(=O)NCc3ccc(O)c(O)c3)nc2c1O. The Kier molecular flexibility index (Phi) is 4.45. The number of benzene rings is 2. The molecule has 0 bridgehead atoms. The van der Waals surface area contributed by atoms with Crippen molar-refractivity contribution in [3.63, 3.8) is 0 Å². The molecule has 0 aliphatic heterocycles. The summed E-state index contributed by atoms with van der Waals surface area (Å²) in [5.41, 5.74) is 0.988. The van der Waals surface area contributed by atoms with E-state index in [1.807, 2.05) is 0 Å². The Morgan fingerprint density at radius 2 is 1.73 bits per heavy atom.